The van der Waals surface area contributed by atoms with Gasteiger partial charge in [-0.3, -0.25) is 0 Å². The number of fused-ring (bicyclic) bond motifs is 3. The van der Waals surface area contributed by atoms with Gasteiger partial charge in [0.2, 0.25) is 0 Å². The van der Waals surface area contributed by atoms with Crippen LogP contribution < -0.4 is 5.73 Å². The zero-order valence-electron chi connectivity index (χ0n) is 8.71. The number of rotatable bonds is 0. The largest absolute Gasteiger partial charge is 0.342 e. The Morgan fingerprint density at radius 2 is 2.06 bits per heavy atom. The molecule has 1 aliphatic heterocycles. The van der Waals surface area contributed by atoms with Gasteiger partial charge in [-0.2, -0.15) is 0 Å². The Morgan fingerprint density at radius 1 is 1.35 bits per heavy atom. The summed E-state index contributed by atoms with van der Waals surface area (Å²) in [4.78, 5) is 0. The molecule has 0 radical (unpaired) electrons. The molecule has 2 N–H and O–H groups in total. The topological polar surface area (TPSA) is 30.9 Å². The predicted octanol–water partition coefficient (Wildman–Crippen LogP) is 4.54. The monoisotopic (exact) mass is 354 g/mol. The first kappa shape index (κ1) is 13.5. The number of benzene rings is 1. The third-order valence-corrected chi connectivity index (χ3v) is 4.53. The summed E-state index contributed by atoms with van der Waals surface area (Å²) in [5.41, 5.74) is 8.16. The van der Waals surface area contributed by atoms with Gasteiger partial charge in [-0.15, -0.1) is 12.4 Å². The molecule has 2 aromatic rings. The zero-order valence-corrected chi connectivity index (χ0v) is 12.6. The molecule has 0 saturated carbocycles. The summed E-state index contributed by atoms with van der Waals surface area (Å²) in [6.45, 7) is 0.909. The minimum absolute atomic E-state index is 0. The minimum Gasteiger partial charge on any atom is -0.342 e. The third-order valence-electron chi connectivity index (χ3n) is 3.10. The van der Waals surface area contributed by atoms with Gasteiger partial charge in [0.25, 0.3) is 0 Å². The van der Waals surface area contributed by atoms with Gasteiger partial charge in [-0.1, -0.05) is 39.1 Å². The highest BCUT2D eigenvalue weighted by Gasteiger charge is 2.24. The number of aryl methyl sites for hydroxylation is 1. The van der Waals surface area contributed by atoms with Crippen LogP contribution in [0.25, 0.3) is 10.9 Å². The lowest BCUT2D eigenvalue weighted by Gasteiger charge is -2.05. The van der Waals surface area contributed by atoms with Gasteiger partial charge < -0.3 is 10.3 Å². The van der Waals surface area contributed by atoms with E-state index in [4.69, 9.17) is 28.9 Å². The van der Waals surface area contributed by atoms with Gasteiger partial charge in [0.15, 0.2) is 0 Å². The van der Waals surface area contributed by atoms with Crippen molar-refractivity contribution in [1.82, 2.24) is 4.57 Å². The summed E-state index contributed by atoms with van der Waals surface area (Å²) in [7, 11) is 0. The van der Waals surface area contributed by atoms with E-state index in [0.717, 1.165) is 34.0 Å². The smallest absolute Gasteiger partial charge is 0.0836 e. The summed E-state index contributed by atoms with van der Waals surface area (Å²) in [6.07, 6.45) is 0.964. The molecule has 0 spiro atoms. The van der Waals surface area contributed by atoms with Crippen LogP contribution in [0.4, 0.5) is 0 Å². The standard InChI is InChI=1S/C11H9BrCl2N2.ClH/c12-6-4-7(13)10(14)11-5(6)3-9-8(15)1-2-16(9)11;/h3-4,8H,1-2,15H2;1H/t8-;/m1./s1. The van der Waals surface area contributed by atoms with Crippen molar-refractivity contribution in [2.24, 2.45) is 5.73 Å². The van der Waals surface area contributed by atoms with E-state index >= 15 is 0 Å². The van der Waals surface area contributed by atoms with Crippen molar-refractivity contribution in [2.75, 3.05) is 0 Å². The first-order valence-corrected chi connectivity index (χ1v) is 6.56. The van der Waals surface area contributed by atoms with E-state index in [0.29, 0.717) is 10.0 Å². The van der Waals surface area contributed by atoms with E-state index in [2.05, 4.69) is 26.6 Å². The second-order valence-corrected chi connectivity index (χ2v) is 5.67. The lowest BCUT2D eigenvalue weighted by atomic mass is 10.2. The van der Waals surface area contributed by atoms with Gasteiger partial charge in [0, 0.05) is 28.1 Å². The minimum atomic E-state index is 0. The number of aromatic nitrogens is 1. The van der Waals surface area contributed by atoms with Crippen LogP contribution in [0.2, 0.25) is 10.0 Å². The van der Waals surface area contributed by atoms with Gasteiger partial charge in [-0.25, -0.2) is 0 Å². The molecule has 0 saturated heterocycles. The van der Waals surface area contributed by atoms with E-state index in [-0.39, 0.29) is 18.4 Å². The maximum Gasteiger partial charge on any atom is 0.0836 e. The molecule has 3 rings (SSSR count). The fraction of sp³-hybridized carbons (Fsp3) is 0.273. The molecule has 1 aromatic carbocycles. The van der Waals surface area contributed by atoms with Crippen LogP contribution in [-0.4, -0.2) is 4.57 Å². The number of halogens is 4. The van der Waals surface area contributed by atoms with Crippen molar-refractivity contribution in [3.05, 3.63) is 32.3 Å². The Bertz CT molecular complexity index is 594. The summed E-state index contributed by atoms with van der Waals surface area (Å²) in [6, 6.07) is 4.03. The molecule has 2 heterocycles. The molecule has 1 aliphatic rings. The normalized spacial score (nSPS) is 18.2. The van der Waals surface area contributed by atoms with Gasteiger partial charge >= 0.3 is 0 Å². The summed E-state index contributed by atoms with van der Waals surface area (Å²) >= 11 is 15.8. The van der Waals surface area contributed by atoms with Crippen LogP contribution in [0, 0.1) is 0 Å². The van der Waals surface area contributed by atoms with Gasteiger partial charge in [0.1, 0.15) is 0 Å². The lowest BCUT2D eigenvalue weighted by molar-refractivity contribution is 0.691. The number of hydrogen-bond donors (Lipinski definition) is 1. The van der Waals surface area contributed by atoms with Crippen LogP contribution in [0.1, 0.15) is 18.2 Å². The highest BCUT2D eigenvalue weighted by Crippen LogP contribution is 2.41. The first-order chi connectivity index (χ1) is 7.59. The van der Waals surface area contributed by atoms with Crippen LogP contribution in [0.15, 0.2) is 16.6 Å². The second-order valence-electron chi connectivity index (χ2n) is 4.03. The molecule has 1 atom stereocenters. The average Bonchev–Trinajstić information content (AvgIpc) is 2.76. The summed E-state index contributed by atoms with van der Waals surface area (Å²) in [5.74, 6) is 0. The van der Waals surface area contributed by atoms with Crippen molar-refractivity contribution in [1.29, 1.82) is 0 Å². The molecular formula is C11H10BrCl3N2. The average molecular weight is 356 g/mol. The molecule has 1 aromatic heterocycles. The molecule has 0 unspecified atom stereocenters. The molecule has 0 amide bonds. The van der Waals surface area contributed by atoms with Crippen molar-refractivity contribution < 1.29 is 0 Å². The van der Waals surface area contributed by atoms with E-state index < -0.39 is 0 Å². The first-order valence-electron chi connectivity index (χ1n) is 5.02. The Kier molecular flexibility index (Phi) is 3.68. The van der Waals surface area contributed by atoms with Crippen LogP contribution in [0.5, 0.6) is 0 Å². The number of nitrogens with zero attached hydrogens (tertiary/aromatic N) is 1. The van der Waals surface area contributed by atoms with Crippen molar-refractivity contribution in [2.45, 2.75) is 19.0 Å². The molecule has 0 bridgehead atoms. The fourth-order valence-corrected chi connectivity index (χ4v) is 3.44. The predicted molar refractivity (Wildman–Crippen MR) is 78.5 cm³/mol. The van der Waals surface area contributed by atoms with E-state index in [1.54, 1.807) is 0 Å². The lowest BCUT2D eigenvalue weighted by Crippen LogP contribution is -2.04. The molecule has 92 valence electrons. The summed E-state index contributed by atoms with van der Waals surface area (Å²) < 4.78 is 3.13. The maximum atomic E-state index is 6.26. The van der Waals surface area contributed by atoms with Crippen molar-refractivity contribution >= 4 is 62.4 Å². The fourth-order valence-electron chi connectivity index (χ4n) is 2.32. The molecule has 0 fully saturated rings. The second kappa shape index (κ2) is 4.63. The van der Waals surface area contributed by atoms with Crippen LogP contribution >= 0.6 is 51.5 Å². The number of hydrogen-bond acceptors (Lipinski definition) is 1. The quantitative estimate of drug-likeness (QED) is 0.691. The third kappa shape index (κ3) is 1.89. The van der Waals surface area contributed by atoms with Gasteiger partial charge in [-0.05, 0) is 18.6 Å². The van der Waals surface area contributed by atoms with Gasteiger partial charge in [0.05, 0.1) is 15.6 Å². The van der Waals surface area contributed by atoms with Crippen LogP contribution in [0.3, 0.4) is 0 Å². The Morgan fingerprint density at radius 3 is 2.76 bits per heavy atom. The molecule has 0 aliphatic carbocycles. The van der Waals surface area contributed by atoms with E-state index in [1.807, 2.05) is 6.07 Å². The van der Waals surface area contributed by atoms with E-state index in [1.165, 1.54) is 0 Å². The highest BCUT2D eigenvalue weighted by molar-refractivity contribution is 9.10. The summed E-state index contributed by atoms with van der Waals surface area (Å²) in [5, 5.41) is 2.27. The number of nitrogens with two attached hydrogens (primary N) is 1. The Hall–Kier alpha value is 0.0700. The van der Waals surface area contributed by atoms with E-state index in [9.17, 15) is 0 Å². The Labute approximate surface area is 124 Å². The van der Waals surface area contributed by atoms with Crippen molar-refractivity contribution in [3.8, 4) is 0 Å². The Balaban J connectivity index is 0.00000108. The maximum absolute atomic E-state index is 6.26. The highest BCUT2D eigenvalue weighted by atomic mass is 79.9. The molecular weight excluding hydrogens is 346 g/mol. The zero-order chi connectivity index (χ0) is 11.4. The SMILES string of the molecule is Cl.N[C@@H]1CCn2c1cc1c(Br)cc(Cl)c(Cl)c12. The molecule has 6 heteroatoms. The van der Waals surface area contributed by atoms with Crippen LogP contribution in [-0.2, 0) is 6.54 Å². The van der Waals surface area contributed by atoms with Crippen molar-refractivity contribution in [3.63, 3.8) is 0 Å². The molecule has 17 heavy (non-hydrogen) atoms. The molecule has 2 nitrogen and oxygen atoms in total.